The summed E-state index contributed by atoms with van der Waals surface area (Å²) in [5.41, 5.74) is 1.35. The highest BCUT2D eigenvalue weighted by Crippen LogP contribution is 2.27. The van der Waals surface area contributed by atoms with Crippen molar-refractivity contribution < 1.29 is 14.3 Å². The number of aromatic nitrogens is 1. The van der Waals surface area contributed by atoms with Gasteiger partial charge in [0.2, 0.25) is 6.10 Å². The predicted molar refractivity (Wildman–Crippen MR) is 80.4 cm³/mol. The molecule has 110 valence electrons. The van der Waals surface area contributed by atoms with Crippen LogP contribution < -0.4 is 4.74 Å². The molecule has 0 N–H and O–H groups in total. The van der Waals surface area contributed by atoms with Gasteiger partial charge in [-0.1, -0.05) is 17.7 Å². The van der Waals surface area contributed by atoms with E-state index in [0.29, 0.717) is 16.5 Å². The third-order valence-electron chi connectivity index (χ3n) is 2.84. The number of hydrogen-bond acceptors (Lipinski definition) is 4. The topological polar surface area (TPSA) is 48.4 Å². The Balaban J connectivity index is 2.30. The van der Waals surface area contributed by atoms with E-state index in [9.17, 15) is 4.79 Å². The van der Waals surface area contributed by atoms with Crippen LogP contribution in [0.4, 0.5) is 0 Å². The van der Waals surface area contributed by atoms with Gasteiger partial charge in [0, 0.05) is 11.2 Å². The third kappa shape index (κ3) is 3.95. The van der Waals surface area contributed by atoms with Crippen LogP contribution in [-0.2, 0) is 9.53 Å². The highest BCUT2D eigenvalue weighted by Gasteiger charge is 2.25. The lowest BCUT2D eigenvalue weighted by Crippen LogP contribution is -2.22. The van der Waals surface area contributed by atoms with Gasteiger partial charge in [0.05, 0.1) is 12.3 Å². The molecule has 1 unspecified atom stereocenters. The number of nitrogens with zero attached hydrogens (tertiary/aromatic N) is 1. The van der Waals surface area contributed by atoms with Crippen molar-refractivity contribution in [1.82, 2.24) is 4.98 Å². The molecule has 0 aliphatic heterocycles. The van der Waals surface area contributed by atoms with Gasteiger partial charge in [0.15, 0.2) is 0 Å². The van der Waals surface area contributed by atoms with E-state index in [-0.39, 0.29) is 6.61 Å². The quantitative estimate of drug-likeness (QED) is 0.790. The predicted octanol–water partition coefficient (Wildman–Crippen LogP) is 3.73. The number of hydrogen-bond donors (Lipinski definition) is 0. The lowest BCUT2D eigenvalue weighted by Gasteiger charge is -2.18. The normalized spacial score (nSPS) is 11.8. The van der Waals surface area contributed by atoms with Crippen LogP contribution in [0.5, 0.6) is 5.75 Å². The molecule has 0 spiro atoms. The highest BCUT2D eigenvalue weighted by atomic mass is 35.5. The van der Waals surface area contributed by atoms with Gasteiger partial charge < -0.3 is 9.47 Å². The van der Waals surface area contributed by atoms with Gasteiger partial charge >= 0.3 is 5.97 Å². The molecule has 1 aromatic heterocycles. The number of rotatable bonds is 5. The lowest BCUT2D eigenvalue weighted by atomic mass is 10.2. The molecule has 0 saturated carbocycles. The van der Waals surface area contributed by atoms with Crippen LogP contribution in [0.15, 0.2) is 42.6 Å². The lowest BCUT2D eigenvalue weighted by molar-refractivity contribution is -0.152. The molecule has 4 nitrogen and oxygen atoms in total. The molecule has 0 radical (unpaired) electrons. The third-order valence-corrected chi connectivity index (χ3v) is 3.07. The molecule has 2 aromatic rings. The molecular weight excluding hydrogens is 290 g/mol. The summed E-state index contributed by atoms with van der Waals surface area (Å²) in [6.45, 7) is 3.90. The van der Waals surface area contributed by atoms with E-state index >= 15 is 0 Å². The van der Waals surface area contributed by atoms with Crippen molar-refractivity contribution in [3.8, 4) is 5.75 Å². The fraction of sp³-hybridized carbons (Fsp3) is 0.250. The number of halogens is 1. The second kappa shape index (κ2) is 7.09. The summed E-state index contributed by atoms with van der Waals surface area (Å²) in [6, 6.07) is 10.5. The van der Waals surface area contributed by atoms with Gasteiger partial charge in [-0.2, -0.15) is 0 Å². The largest absolute Gasteiger partial charge is 0.472 e. The summed E-state index contributed by atoms with van der Waals surface area (Å²) in [5.74, 6) is 0.105. The summed E-state index contributed by atoms with van der Waals surface area (Å²) in [4.78, 5) is 16.3. The Hall–Kier alpha value is -2.07. The summed E-state index contributed by atoms with van der Waals surface area (Å²) < 4.78 is 10.9. The van der Waals surface area contributed by atoms with Crippen LogP contribution in [0.1, 0.15) is 24.3 Å². The van der Waals surface area contributed by atoms with E-state index in [4.69, 9.17) is 21.1 Å². The van der Waals surface area contributed by atoms with Gasteiger partial charge in [-0.3, -0.25) is 4.98 Å². The van der Waals surface area contributed by atoms with E-state index in [0.717, 1.165) is 5.56 Å². The van der Waals surface area contributed by atoms with E-state index < -0.39 is 12.1 Å². The monoisotopic (exact) mass is 305 g/mol. The maximum absolute atomic E-state index is 12.1. The minimum atomic E-state index is -0.897. The molecule has 0 amide bonds. The Morgan fingerprint density at radius 3 is 2.76 bits per heavy atom. The van der Waals surface area contributed by atoms with Crippen molar-refractivity contribution in [3.63, 3.8) is 0 Å². The second-order valence-corrected chi connectivity index (χ2v) is 4.85. The molecule has 1 atom stereocenters. The number of aryl methyl sites for hydroxylation is 1. The SMILES string of the molecule is CCOC(=O)C(Oc1ccc(Cl)cc1C)c1ccccn1. The van der Waals surface area contributed by atoms with Crippen molar-refractivity contribution in [2.45, 2.75) is 20.0 Å². The molecule has 1 heterocycles. The van der Waals surface area contributed by atoms with Crippen molar-refractivity contribution in [3.05, 3.63) is 58.9 Å². The number of carbonyl (C=O) groups is 1. The van der Waals surface area contributed by atoms with Crippen LogP contribution in [0.2, 0.25) is 5.02 Å². The molecule has 0 aliphatic carbocycles. The molecule has 0 aliphatic rings. The average molecular weight is 306 g/mol. The first-order valence-electron chi connectivity index (χ1n) is 6.62. The summed E-state index contributed by atoms with van der Waals surface area (Å²) in [6.07, 6.45) is 0.714. The summed E-state index contributed by atoms with van der Waals surface area (Å²) >= 11 is 5.92. The van der Waals surface area contributed by atoms with Crippen molar-refractivity contribution >= 4 is 17.6 Å². The molecule has 2 rings (SSSR count). The van der Waals surface area contributed by atoms with E-state index in [1.165, 1.54) is 0 Å². The zero-order valence-electron chi connectivity index (χ0n) is 11.9. The van der Waals surface area contributed by atoms with E-state index in [1.54, 1.807) is 49.5 Å². The maximum Gasteiger partial charge on any atom is 0.353 e. The maximum atomic E-state index is 12.1. The first kappa shape index (κ1) is 15.3. The van der Waals surface area contributed by atoms with Crippen molar-refractivity contribution in [2.24, 2.45) is 0 Å². The Morgan fingerprint density at radius 1 is 1.33 bits per heavy atom. The van der Waals surface area contributed by atoms with Crippen LogP contribution in [0, 0.1) is 6.92 Å². The average Bonchev–Trinajstić information content (AvgIpc) is 2.47. The molecular formula is C16H16ClNO3. The zero-order chi connectivity index (χ0) is 15.2. The molecule has 1 aromatic carbocycles. The standard InChI is InChI=1S/C16H16ClNO3/c1-3-20-16(19)15(13-6-4-5-9-18-13)21-14-8-7-12(17)10-11(14)2/h4-10,15H,3H2,1-2H3. The second-order valence-electron chi connectivity index (χ2n) is 4.41. The van der Waals surface area contributed by atoms with Crippen LogP contribution in [-0.4, -0.2) is 17.6 Å². The Morgan fingerprint density at radius 2 is 2.14 bits per heavy atom. The highest BCUT2D eigenvalue weighted by molar-refractivity contribution is 6.30. The number of ether oxygens (including phenoxy) is 2. The molecule has 21 heavy (non-hydrogen) atoms. The van der Waals surface area contributed by atoms with Crippen LogP contribution in [0.25, 0.3) is 0 Å². The first-order valence-corrected chi connectivity index (χ1v) is 7.00. The molecule has 0 bridgehead atoms. The number of esters is 1. The number of benzene rings is 1. The van der Waals surface area contributed by atoms with Gasteiger partial charge in [0.25, 0.3) is 0 Å². The summed E-state index contributed by atoms with van der Waals surface area (Å²) in [7, 11) is 0. The molecule has 5 heteroatoms. The Bertz CT molecular complexity index is 616. The van der Waals surface area contributed by atoms with Gasteiger partial charge in [0.1, 0.15) is 5.75 Å². The Kier molecular flexibility index (Phi) is 5.17. The van der Waals surface area contributed by atoms with Crippen LogP contribution >= 0.6 is 11.6 Å². The van der Waals surface area contributed by atoms with Crippen molar-refractivity contribution in [1.29, 1.82) is 0 Å². The smallest absolute Gasteiger partial charge is 0.353 e. The number of pyridine rings is 1. The van der Waals surface area contributed by atoms with Crippen LogP contribution in [0.3, 0.4) is 0 Å². The zero-order valence-corrected chi connectivity index (χ0v) is 12.6. The van der Waals surface area contributed by atoms with E-state index in [2.05, 4.69) is 4.98 Å². The van der Waals surface area contributed by atoms with E-state index in [1.807, 2.05) is 6.92 Å². The van der Waals surface area contributed by atoms with Crippen molar-refractivity contribution in [2.75, 3.05) is 6.61 Å². The summed E-state index contributed by atoms with van der Waals surface area (Å²) in [5, 5.41) is 0.616. The first-order chi connectivity index (χ1) is 10.1. The van der Waals surface area contributed by atoms with Gasteiger partial charge in [-0.25, -0.2) is 4.79 Å². The van der Waals surface area contributed by atoms with Gasteiger partial charge in [-0.15, -0.1) is 0 Å². The molecule has 0 fully saturated rings. The Labute approximate surface area is 128 Å². The fourth-order valence-electron chi connectivity index (χ4n) is 1.85. The molecule has 0 saturated heterocycles. The fourth-order valence-corrected chi connectivity index (χ4v) is 2.08. The minimum Gasteiger partial charge on any atom is -0.472 e. The minimum absolute atomic E-state index is 0.283. The van der Waals surface area contributed by atoms with Gasteiger partial charge in [-0.05, 0) is 49.7 Å². The number of carbonyl (C=O) groups excluding carboxylic acids is 1.